The average Bonchev–Trinajstić information content (AvgIpc) is 3.20. The number of aromatic nitrogens is 1. The van der Waals surface area contributed by atoms with Crippen LogP contribution in [-0.2, 0) is 6.42 Å². The van der Waals surface area contributed by atoms with E-state index in [-0.39, 0.29) is 25.4 Å². The van der Waals surface area contributed by atoms with E-state index in [1.165, 1.54) is 23.1 Å². The molecule has 1 aliphatic heterocycles. The fourth-order valence-electron chi connectivity index (χ4n) is 4.69. The summed E-state index contributed by atoms with van der Waals surface area (Å²) in [6, 6.07) is 21.6. The van der Waals surface area contributed by atoms with E-state index in [9.17, 15) is 19.1 Å². The van der Waals surface area contributed by atoms with Gasteiger partial charge in [-0.3, -0.25) is 4.79 Å². The second-order valence-electron chi connectivity index (χ2n) is 8.48. The van der Waals surface area contributed by atoms with Crippen molar-refractivity contribution in [3.05, 3.63) is 100 Å². The van der Waals surface area contributed by atoms with Crippen LogP contribution in [0.15, 0.2) is 72.8 Å². The molecule has 35 heavy (non-hydrogen) atoms. The number of amides is 2. The minimum Gasteiger partial charge on any atom is -0.465 e. The Kier molecular flexibility index (Phi) is 6.17. The molecule has 0 radical (unpaired) electrons. The van der Waals surface area contributed by atoms with Crippen molar-refractivity contribution < 1.29 is 19.1 Å². The van der Waals surface area contributed by atoms with Crippen LogP contribution in [0, 0.1) is 5.82 Å². The topological polar surface area (TPSA) is 65.8 Å². The van der Waals surface area contributed by atoms with E-state index in [4.69, 9.17) is 11.6 Å². The maximum Gasteiger partial charge on any atom is 0.407 e. The molecule has 0 aliphatic carbocycles. The molecule has 2 heterocycles. The van der Waals surface area contributed by atoms with E-state index in [0.717, 1.165) is 16.6 Å². The first-order valence-corrected chi connectivity index (χ1v) is 11.7. The van der Waals surface area contributed by atoms with E-state index in [2.05, 4.69) is 0 Å². The average molecular weight is 492 g/mol. The molecule has 0 saturated carbocycles. The molecule has 178 valence electrons. The second kappa shape index (κ2) is 9.43. The minimum absolute atomic E-state index is 0.177. The van der Waals surface area contributed by atoms with Gasteiger partial charge in [0.2, 0.25) is 0 Å². The van der Waals surface area contributed by atoms with Crippen LogP contribution in [0.2, 0.25) is 5.02 Å². The Morgan fingerprint density at radius 3 is 2.26 bits per heavy atom. The number of carboxylic acid groups (broad SMARTS) is 1. The van der Waals surface area contributed by atoms with Gasteiger partial charge in [-0.25, -0.2) is 9.18 Å². The van der Waals surface area contributed by atoms with Crippen LogP contribution >= 0.6 is 11.6 Å². The van der Waals surface area contributed by atoms with Gasteiger partial charge in [-0.15, -0.1) is 0 Å². The zero-order chi connectivity index (χ0) is 24.5. The number of hydrogen-bond acceptors (Lipinski definition) is 2. The number of piperazine rings is 1. The van der Waals surface area contributed by atoms with E-state index in [1.807, 2.05) is 59.2 Å². The normalized spacial score (nSPS) is 13.9. The van der Waals surface area contributed by atoms with Gasteiger partial charge in [0.15, 0.2) is 0 Å². The molecule has 0 unspecified atom stereocenters. The van der Waals surface area contributed by atoms with E-state index < -0.39 is 11.9 Å². The van der Waals surface area contributed by atoms with Crippen LogP contribution in [0.4, 0.5) is 9.18 Å². The van der Waals surface area contributed by atoms with Crippen LogP contribution in [0.25, 0.3) is 16.6 Å². The molecule has 2 amide bonds. The highest BCUT2D eigenvalue weighted by molar-refractivity contribution is 6.31. The Bertz CT molecular complexity index is 1410. The molecule has 1 aliphatic rings. The SMILES string of the molecule is O=C(O)N1CCN(C(=O)c2c(Cc3cc(F)ccc3Cl)n(-c3ccccc3)c3ccccc23)CC1. The Morgan fingerprint density at radius 2 is 1.54 bits per heavy atom. The first-order chi connectivity index (χ1) is 16.9. The van der Waals surface area contributed by atoms with Crippen LogP contribution < -0.4 is 0 Å². The minimum atomic E-state index is -0.987. The third kappa shape index (κ3) is 4.35. The molecule has 8 heteroatoms. The molecule has 1 fully saturated rings. The van der Waals surface area contributed by atoms with Gasteiger partial charge in [0.25, 0.3) is 5.91 Å². The summed E-state index contributed by atoms with van der Waals surface area (Å²) in [6.45, 7) is 1.11. The van der Waals surface area contributed by atoms with Crippen LogP contribution in [0.3, 0.4) is 0 Å². The number of nitrogens with zero attached hydrogens (tertiary/aromatic N) is 3. The largest absolute Gasteiger partial charge is 0.465 e. The number of para-hydroxylation sites is 2. The van der Waals surface area contributed by atoms with Crippen molar-refractivity contribution in [3.63, 3.8) is 0 Å². The van der Waals surface area contributed by atoms with E-state index >= 15 is 0 Å². The summed E-state index contributed by atoms with van der Waals surface area (Å²) < 4.78 is 16.2. The van der Waals surface area contributed by atoms with Gasteiger partial charge in [-0.2, -0.15) is 0 Å². The Hall–Kier alpha value is -3.84. The molecule has 6 nitrogen and oxygen atoms in total. The smallest absolute Gasteiger partial charge is 0.407 e. The summed E-state index contributed by atoms with van der Waals surface area (Å²) in [5, 5.41) is 10.5. The molecular formula is C27H23ClFN3O3. The molecule has 1 N–H and O–H groups in total. The summed E-state index contributed by atoms with van der Waals surface area (Å²) in [5.41, 5.74) is 3.54. The molecule has 1 aromatic heterocycles. The van der Waals surface area contributed by atoms with Crippen molar-refractivity contribution in [2.45, 2.75) is 6.42 Å². The molecule has 1 saturated heterocycles. The van der Waals surface area contributed by atoms with Gasteiger partial charge < -0.3 is 19.5 Å². The third-order valence-corrected chi connectivity index (χ3v) is 6.77. The summed E-state index contributed by atoms with van der Waals surface area (Å²) in [4.78, 5) is 28.3. The van der Waals surface area contributed by atoms with E-state index in [1.54, 1.807) is 4.90 Å². The van der Waals surface area contributed by atoms with Crippen molar-refractivity contribution in [1.29, 1.82) is 0 Å². The number of carbonyl (C=O) groups is 2. The maximum atomic E-state index is 14.1. The zero-order valence-electron chi connectivity index (χ0n) is 18.8. The number of halogens is 2. The highest BCUT2D eigenvalue weighted by atomic mass is 35.5. The number of fused-ring (bicyclic) bond motifs is 1. The molecule has 5 rings (SSSR count). The van der Waals surface area contributed by atoms with Gasteiger partial charge in [0, 0.05) is 54.4 Å². The third-order valence-electron chi connectivity index (χ3n) is 6.40. The summed E-state index contributed by atoms with van der Waals surface area (Å²) in [7, 11) is 0. The maximum absolute atomic E-state index is 14.1. The highest BCUT2D eigenvalue weighted by Crippen LogP contribution is 2.34. The summed E-state index contributed by atoms with van der Waals surface area (Å²) in [6.07, 6.45) is -0.740. The number of rotatable bonds is 4. The number of benzene rings is 3. The standard InChI is InChI=1S/C27H23ClFN3O3/c28-22-11-10-19(29)16-18(22)17-24-25(26(33)30-12-14-31(15-13-30)27(34)35)21-8-4-5-9-23(21)32(24)20-6-2-1-3-7-20/h1-11,16H,12-15,17H2,(H,34,35). The molecule has 3 aromatic carbocycles. The van der Waals surface area contributed by atoms with Gasteiger partial charge in [-0.05, 0) is 42.0 Å². The number of hydrogen-bond donors (Lipinski definition) is 1. The lowest BCUT2D eigenvalue weighted by Gasteiger charge is -2.33. The summed E-state index contributed by atoms with van der Waals surface area (Å²) in [5.74, 6) is -0.576. The van der Waals surface area contributed by atoms with Crippen LogP contribution in [0.1, 0.15) is 21.6 Å². The molecule has 0 atom stereocenters. The fourth-order valence-corrected chi connectivity index (χ4v) is 4.87. The van der Waals surface area contributed by atoms with Crippen molar-refractivity contribution >= 4 is 34.5 Å². The molecular weight excluding hydrogens is 469 g/mol. The Labute approximate surface area is 206 Å². The van der Waals surface area contributed by atoms with Crippen LogP contribution in [0.5, 0.6) is 0 Å². The molecule has 4 aromatic rings. The summed E-state index contributed by atoms with van der Waals surface area (Å²) >= 11 is 6.44. The molecule has 0 spiro atoms. The van der Waals surface area contributed by atoms with Gasteiger partial charge in [-0.1, -0.05) is 48.0 Å². The van der Waals surface area contributed by atoms with Gasteiger partial charge in [0.1, 0.15) is 5.82 Å². The first-order valence-electron chi connectivity index (χ1n) is 11.3. The fraction of sp³-hybridized carbons (Fsp3) is 0.185. The monoisotopic (exact) mass is 491 g/mol. The predicted octanol–water partition coefficient (Wildman–Crippen LogP) is 5.45. The van der Waals surface area contributed by atoms with Crippen LogP contribution in [-0.4, -0.2) is 57.7 Å². The first kappa shape index (κ1) is 22.9. The second-order valence-corrected chi connectivity index (χ2v) is 8.89. The zero-order valence-corrected chi connectivity index (χ0v) is 19.6. The lowest BCUT2D eigenvalue weighted by Crippen LogP contribution is -2.50. The number of carbonyl (C=O) groups excluding carboxylic acids is 1. The quantitative estimate of drug-likeness (QED) is 0.413. The lowest BCUT2D eigenvalue weighted by molar-refractivity contribution is 0.0625. The van der Waals surface area contributed by atoms with E-state index in [0.29, 0.717) is 34.9 Å². The van der Waals surface area contributed by atoms with Crippen molar-refractivity contribution in [2.75, 3.05) is 26.2 Å². The predicted molar refractivity (Wildman–Crippen MR) is 133 cm³/mol. The van der Waals surface area contributed by atoms with Crippen molar-refractivity contribution in [2.24, 2.45) is 0 Å². The van der Waals surface area contributed by atoms with Gasteiger partial charge in [0.05, 0.1) is 11.1 Å². The van der Waals surface area contributed by atoms with Gasteiger partial charge >= 0.3 is 6.09 Å². The highest BCUT2D eigenvalue weighted by Gasteiger charge is 2.30. The van der Waals surface area contributed by atoms with Crippen molar-refractivity contribution in [3.8, 4) is 5.69 Å². The lowest BCUT2D eigenvalue weighted by atomic mass is 10.0. The molecule has 0 bridgehead atoms. The Balaban J connectivity index is 1.68. The Morgan fingerprint density at radius 1 is 0.886 bits per heavy atom. The van der Waals surface area contributed by atoms with Crippen molar-refractivity contribution in [1.82, 2.24) is 14.4 Å².